The molecule has 0 bridgehead atoms. The molecule has 0 spiro atoms. The maximum absolute atomic E-state index is 13.5. The van der Waals surface area contributed by atoms with Crippen LogP contribution in [0, 0.1) is 5.82 Å². The molecule has 2 rings (SSSR count). The fourth-order valence-electron chi connectivity index (χ4n) is 2.41. The molecule has 19 heavy (non-hydrogen) atoms. The quantitative estimate of drug-likeness (QED) is 0.815. The molecule has 1 aliphatic rings. The topological polar surface area (TPSA) is 63.3 Å². The van der Waals surface area contributed by atoms with E-state index < -0.39 is 28.9 Å². The van der Waals surface area contributed by atoms with Crippen molar-refractivity contribution in [3.8, 4) is 0 Å². The number of hydrogen-bond donors (Lipinski definition) is 2. The molecule has 1 aromatic carbocycles. The van der Waals surface area contributed by atoms with E-state index >= 15 is 0 Å². The normalized spacial score (nSPS) is 26.9. The minimum absolute atomic E-state index is 0.0206. The molecule has 0 aromatic heterocycles. The molecule has 0 atom stereocenters. The van der Waals surface area contributed by atoms with Crippen molar-refractivity contribution >= 4 is 5.97 Å². The van der Waals surface area contributed by atoms with Gasteiger partial charge in [-0.25, -0.2) is 4.39 Å². The average Bonchev–Trinajstić information content (AvgIpc) is 2.21. The minimum Gasteiger partial charge on any atom is -0.481 e. The summed E-state index contributed by atoms with van der Waals surface area (Å²) >= 11 is 0. The monoisotopic (exact) mass is 277 g/mol. The van der Waals surface area contributed by atoms with Crippen molar-refractivity contribution in [1.82, 2.24) is 0 Å². The Morgan fingerprint density at radius 2 is 1.95 bits per heavy atom. The molecular formula is C12H11F4NO2. The maximum Gasteiger partial charge on any atom is 0.419 e. The van der Waals surface area contributed by atoms with Gasteiger partial charge in [0.15, 0.2) is 0 Å². The van der Waals surface area contributed by atoms with Gasteiger partial charge in [0.2, 0.25) is 0 Å². The number of carbonyl (C=O) groups is 1. The van der Waals surface area contributed by atoms with Gasteiger partial charge < -0.3 is 10.8 Å². The average molecular weight is 277 g/mol. The predicted octanol–water partition coefficient (Wildman–Crippen LogP) is 2.29. The van der Waals surface area contributed by atoms with Crippen LogP contribution < -0.4 is 5.73 Å². The van der Waals surface area contributed by atoms with E-state index in [1.165, 1.54) is 0 Å². The number of halogens is 4. The van der Waals surface area contributed by atoms with Crippen LogP contribution in [0.1, 0.15) is 24.0 Å². The van der Waals surface area contributed by atoms with E-state index in [0.29, 0.717) is 12.1 Å². The molecule has 1 saturated carbocycles. The second-order valence-electron chi connectivity index (χ2n) is 4.75. The van der Waals surface area contributed by atoms with Crippen LogP contribution in [0.15, 0.2) is 18.2 Å². The second kappa shape index (κ2) is 4.19. The van der Waals surface area contributed by atoms with E-state index in [-0.39, 0.29) is 24.4 Å². The molecule has 3 nitrogen and oxygen atoms in total. The van der Waals surface area contributed by atoms with E-state index in [4.69, 9.17) is 5.73 Å². The van der Waals surface area contributed by atoms with Gasteiger partial charge in [0, 0.05) is 6.04 Å². The first-order valence-electron chi connectivity index (χ1n) is 5.53. The number of alkyl halides is 3. The molecule has 1 aliphatic carbocycles. The predicted molar refractivity (Wildman–Crippen MR) is 57.9 cm³/mol. The zero-order valence-electron chi connectivity index (χ0n) is 9.67. The zero-order valence-corrected chi connectivity index (χ0v) is 9.67. The third kappa shape index (κ3) is 2.18. The molecular weight excluding hydrogens is 266 g/mol. The Morgan fingerprint density at radius 3 is 2.32 bits per heavy atom. The van der Waals surface area contributed by atoms with Crippen molar-refractivity contribution in [1.29, 1.82) is 0 Å². The molecule has 0 radical (unpaired) electrons. The molecule has 0 unspecified atom stereocenters. The number of benzene rings is 1. The summed E-state index contributed by atoms with van der Waals surface area (Å²) in [4.78, 5) is 11.2. The highest BCUT2D eigenvalue weighted by Gasteiger charge is 2.51. The van der Waals surface area contributed by atoms with E-state index in [9.17, 15) is 27.5 Å². The Balaban J connectivity index is 2.42. The number of carboxylic acids is 1. The first-order chi connectivity index (χ1) is 8.67. The summed E-state index contributed by atoms with van der Waals surface area (Å²) in [7, 11) is 0. The first-order valence-corrected chi connectivity index (χ1v) is 5.53. The van der Waals surface area contributed by atoms with Crippen LogP contribution in [0.4, 0.5) is 17.6 Å². The maximum atomic E-state index is 13.5. The van der Waals surface area contributed by atoms with Gasteiger partial charge in [0.1, 0.15) is 5.82 Å². The van der Waals surface area contributed by atoms with Gasteiger partial charge in [0.25, 0.3) is 0 Å². The summed E-state index contributed by atoms with van der Waals surface area (Å²) in [6.07, 6.45) is -4.62. The van der Waals surface area contributed by atoms with Gasteiger partial charge in [0.05, 0.1) is 11.0 Å². The standard InChI is InChI=1S/C12H11F4NO2/c13-9-3-6(1-2-8(9)12(14,15)16)11(10(18)19)4-7(17)5-11/h1-3,7H,4-5,17H2,(H,18,19). The van der Waals surface area contributed by atoms with Crippen molar-refractivity contribution in [2.75, 3.05) is 0 Å². The van der Waals surface area contributed by atoms with E-state index in [0.717, 1.165) is 6.07 Å². The fraction of sp³-hybridized carbons (Fsp3) is 0.417. The molecule has 0 saturated heterocycles. The zero-order chi connectivity index (χ0) is 14.4. The van der Waals surface area contributed by atoms with Crippen molar-refractivity contribution in [3.63, 3.8) is 0 Å². The Morgan fingerprint density at radius 1 is 1.37 bits per heavy atom. The Hall–Kier alpha value is -1.63. The molecule has 7 heteroatoms. The molecule has 1 fully saturated rings. The van der Waals surface area contributed by atoms with Crippen molar-refractivity contribution in [3.05, 3.63) is 35.1 Å². The lowest BCUT2D eigenvalue weighted by molar-refractivity contribution is -0.148. The lowest BCUT2D eigenvalue weighted by Crippen LogP contribution is -2.54. The summed E-state index contributed by atoms with van der Waals surface area (Å²) in [5.41, 5.74) is 2.78. The van der Waals surface area contributed by atoms with E-state index in [1.54, 1.807) is 0 Å². The first kappa shape index (κ1) is 13.8. The number of carboxylic acid groups (broad SMARTS) is 1. The number of rotatable bonds is 2. The van der Waals surface area contributed by atoms with Gasteiger partial charge in [-0.1, -0.05) is 6.07 Å². The third-order valence-corrected chi connectivity index (χ3v) is 3.46. The number of nitrogens with two attached hydrogens (primary N) is 1. The van der Waals surface area contributed by atoms with Gasteiger partial charge in [-0.15, -0.1) is 0 Å². The molecule has 104 valence electrons. The lowest BCUT2D eigenvalue weighted by Gasteiger charge is -2.43. The van der Waals surface area contributed by atoms with Crippen LogP contribution >= 0.6 is 0 Å². The molecule has 0 amide bonds. The van der Waals surface area contributed by atoms with Crippen LogP contribution in [-0.4, -0.2) is 17.1 Å². The van der Waals surface area contributed by atoms with Crippen molar-refractivity contribution in [2.45, 2.75) is 30.5 Å². The smallest absolute Gasteiger partial charge is 0.419 e. The largest absolute Gasteiger partial charge is 0.481 e. The van der Waals surface area contributed by atoms with Gasteiger partial charge in [-0.2, -0.15) is 13.2 Å². The summed E-state index contributed by atoms with van der Waals surface area (Å²) in [5.74, 6) is -2.67. The highest BCUT2D eigenvalue weighted by atomic mass is 19.4. The second-order valence-corrected chi connectivity index (χ2v) is 4.75. The summed E-state index contributed by atoms with van der Waals surface area (Å²) in [5, 5.41) is 9.17. The Bertz CT molecular complexity index is 521. The van der Waals surface area contributed by atoms with Gasteiger partial charge in [-0.05, 0) is 30.5 Å². The minimum atomic E-state index is -4.80. The SMILES string of the molecule is NC1CC(C(=O)O)(c2ccc(C(F)(F)F)c(F)c2)C1. The summed E-state index contributed by atoms with van der Waals surface area (Å²) < 4.78 is 50.7. The Kier molecular flexibility index (Phi) is 3.04. The summed E-state index contributed by atoms with van der Waals surface area (Å²) in [6.45, 7) is 0. The fourth-order valence-corrected chi connectivity index (χ4v) is 2.41. The number of aliphatic carboxylic acids is 1. The van der Waals surface area contributed by atoms with Crippen LogP contribution in [0.2, 0.25) is 0 Å². The van der Waals surface area contributed by atoms with Crippen LogP contribution in [-0.2, 0) is 16.4 Å². The van der Waals surface area contributed by atoms with Crippen molar-refractivity contribution < 1.29 is 27.5 Å². The molecule has 0 heterocycles. The van der Waals surface area contributed by atoms with E-state index in [1.807, 2.05) is 0 Å². The number of hydrogen-bond acceptors (Lipinski definition) is 2. The molecule has 1 aromatic rings. The Labute approximate surface area is 106 Å². The third-order valence-electron chi connectivity index (χ3n) is 3.46. The van der Waals surface area contributed by atoms with Crippen molar-refractivity contribution in [2.24, 2.45) is 5.73 Å². The highest BCUT2D eigenvalue weighted by molar-refractivity contribution is 5.83. The van der Waals surface area contributed by atoms with Gasteiger partial charge in [-0.3, -0.25) is 4.79 Å². The summed E-state index contributed by atoms with van der Waals surface area (Å²) in [6, 6.07) is 1.88. The van der Waals surface area contributed by atoms with Gasteiger partial charge >= 0.3 is 12.1 Å². The molecule has 3 N–H and O–H groups in total. The van der Waals surface area contributed by atoms with Crippen LogP contribution in [0.5, 0.6) is 0 Å². The van der Waals surface area contributed by atoms with Crippen LogP contribution in [0.25, 0.3) is 0 Å². The molecule has 0 aliphatic heterocycles. The van der Waals surface area contributed by atoms with Crippen LogP contribution in [0.3, 0.4) is 0 Å². The highest BCUT2D eigenvalue weighted by Crippen LogP contribution is 2.44. The van der Waals surface area contributed by atoms with E-state index in [2.05, 4.69) is 0 Å². The lowest BCUT2D eigenvalue weighted by atomic mass is 9.62.